The van der Waals surface area contributed by atoms with Crippen LogP contribution in [0.25, 0.3) is 6.08 Å². The van der Waals surface area contributed by atoms with E-state index in [4.69, 9.17) is 5.26 Å². The summed E-state index contributed by atoms with van der Waals surface area (Å²) in [7, 11) is 0. The lowest BCUT2D eigenvalue weighted by atomic mass is 9.95. The highest BCUT2D eigenvalue weighted by molar-refractivity contribution is 5.91. The zero-order chi connectivity index (χ0) is 15.8. The molecule has 4 nitrogen and oxygen atoms in total. The van der Waals surface area contributed by atoms with Crippen LogP contribution in [0, 0.1) is 17.2 Å². The van der Waals surface area contributed by atoms with Crippen molar-refractivity contribution in [1.29, 1.82) is 5.26 Å². The van der Waals surface area contributed by atoms with Gasteiger partial charge in [0.25, 0.3) is 0 Å². The van der Waals surface area contributed by atoms with E-state index in [1.54, 1.807) is 24.3 Å². The molecule has 2 rings (SSSR count). The molecule has 1 aliphatic carbocycles. The fraction of sp³-hybridized carbons (Fsp3) is 0.444. The number of hydrogen-bond acceptors (Lipinski definition) is 3. The highest BCUT2D eigenvalue weighted by Crippen LogP contribution is 2.23. The summed E-state index contributed by atoms with van der Waals surface area (Å²) in [6.45, 7) is 0.124. The number of carbonyl (C=O) groups excluding carboxylic acids is 1. The molecule has 2 unspecified atom stereocenters. The summed E-state index contributed by atoms with van der Waals surface area (Å²) in [6, 6.07) is 9.25. The molecule has 4 heteroatoms. The number of amides is 1. The maximum Gasteiger partial charge on any atom is 0.244 e. The fourth-order valence-electron chi connectivity index (χ4n) is 2.91. The molecule has 2 N–H and O–H groups in total. The smallest absolute Gasteiger partial charge is 0.244 e. The number of aliphatic hydroxyl groups is 1. The first-order valence-electron chi connectivity index (χ1n) is 7.82. The van der Waals surface area contributed by atoms with Crippen LogP contribution in [-0.4, -0.2) is 23.7 Å². The third-order valence-corrected chi connectivity index (χ3v) is 4.16. The maximum absolute atomic E-state index is 12.1. The number of carbonyl (C=O) groups is 1. The van der Waals surface area contributed by atoms with Gasteiger partial charge in [0.15, 0.2) is 0 Å². The van der Waals surface area contributed by atoms with Crippen LogP contribution in [0.15, 0.2) is 30.3 Å². The van der Waals surface area contributed by atoms with Gasteiger partial charge in [0.05, 0.1) is 11.6 Å². The van der Waals surface area contributed by atoms with E-state index < -0.39 is 0 Å². The van der Waals surface area contributed by atoms with Crippen molar-refractivity contribution >= 4 is 12.0 Å². The number of benzene rings is 1. The van der Waals surface area contributed by atoms with Crippen LogP contribution in [0.5, 0.6) is 0 Å². The minimum absolute atomic E-state index is 0.0510. The Bertz CT molecular complexity index is 575. The predicted molar refractivity (Wildman–Crippen MR) is 85.8 cm³/mol. The van der Waals surface area contributed by atoms with E-state index in [9.17, 15) is 9.90 Å². The molecule has 1 fully saturated rings. The Labute approximate surface area is 131 Å². The first kappa shape index (κ1) is 16.3. The van der Waals surface area contributed by atoms with Gasteiger partial charge < -0.3 is 10.4 Å². The molecule has 0 aliphatic heterocycles. The van der Waals surface area contributed by atoms with Crippen LogP contribution in [0.4, 0.5) is 0 Å². The van der Waals surface area contributed by atoms with Crippen molar-refractivity contribution in [3.63, 3.8) is 0 Å². The van der Waals surface area contributed by atoms with Crippen molar-refractivity contribution in [2.24, 2.45) is 5.92 Å². The third-order valence-electron chi connectivity index (χ3n) is 4.16. The lowest BCUT2D eigenvalue weighted by molar-refractivity contribution is -0.117. The van der Waals surface area contributed by atoms with Gasteiger partial charge >= 0.3 is 0 Å². The molecular weight excluding hydrogens is 276 g/mol. The summed E-state index contributed by atoms with van der Waals surface area (Å²) in [5, 5.41) is 21.3. The number of nitriles is 1. The minimum atomic E-state index is -0.146. The molecule has 0 radical (unpaired) electrons. The minimum Gasteiger partial charge on any atom is -0.396 e. The molecule has 0 aromatic heterocycles. The van der Waals surface area contributed by atoms with Gasteiger partial charge in [-0.05, 0) is 36.6 Å². The molecule has 0 spiro atoms. The molecule has 116 valence electrons. The van der Waals surface area contributed by atoms with Crippen LogP contribution < -0.4 is 5.32 Å². The predicted octanol–water partition coefficient (Wildman–Crippen LogP) is 2.63. The van der Waals surface area contributed by atoms with E-state index in [0.29, 0.717) is 5.56 Å². The Balaban J connectivity index is 1.96. The van der Waals surface area contributed by atoms with Crippen molar-refractivity contribution in [2.45, 2.75) is 38.1 Å². The fourth-order valence-corrected chi connectivity index (χ4v) is 2.91. The van der Waals surface area contributed by atoms with E-state index in [2.05, 4.69) is 11.4 Å². The van der Waals surface area contributed by atoms with Crippen molar-refractivity contribution in [2.75, 3.05) is 6.61 Å². The van der Waals surface area contributed by atoms with Gasteiger partial charge in [0, 0.05) is 24.6 Å². The molecule has 0 saturated heterocycles. The van der Waals surface area contributed by atoms with Crippen molar-refractivity contribution in [1.82, 2.24) is 5.32 Å². The molecule has 0 bridgehead atoms. The van der Waals surface area contributed by atoms with Crippen LogP contribution in [0.1, 0.15) is 43.2 Å². The number of aliphatic hydroxyl groups excluding tert-OH is 1. The van der Waals surface area contributed by atoms with E-state index in [1.807, 2.05) is 6.07 Å². The van der Waals surface area contributed by atoms with Gasteiger partial charge in [-0.2, -0.15) is 5.26 Å². The van der Waals surface area contributed by atoms with E-state index in [0.717, 1.165) is 31.2 Å². The molecule has 2 atom stereocenters. The zero-order valence-corrected chi connectivity index (χ0v) is 12.7. The first-order valence-corrected chi connectivity index (χ1v) is 7.82. The Kier molecular flexibility index (Phi) is 6.17. The van der Waals surface area contributed by atoms with E-state index in [-0.39, 0.29) is 24.5 Å². The second kappa shape index (κ2) is 8.35. The van der Waals surface area contributed by atoms with Crippen LogP contribution in [0.3, 0.4) is 0 Å². The zero-order valence-electron chi connectivity index (χ0n) is 12.7. The summed E-state index contributed by atoms with van der Waals surface area (Å²) in [5.74, 6) is 0.00878. The molecule has 1 saturated carbocycles. The highest BCUT2D eigenvalue weighted by atomic mass is 16.3. The number of nitrogens with one attached hydrogen (secondary N) is 1. The first-order chi connectivity index (χ1) is 10.7. The lowest BCUT2D eigenvalue weighted by Crippen LogP contribution is -2.40. The molecule has 22 heavy (non-hydrogen) atoms. The van der Waals surface area contributed by atoms with Gasteiger partial charge in [-0.3, -0.25) is 4.79 Å². The van der Waals surface area contributed by atoms with E-state index in [1.165, 1.54) is 12.5 Å². The molecule has 0 heterocycles. The van der Waals surface area contributed by atoms with Crippen molar-refractivity contribution < 1.29 is 9.90 Å². The normalized spacial score (nSPS) is 22.0. The Morgan fingerprint density at radius 2 is 2.18 bits per heavy atom. The van der Waals surface area contributed by atoms with Crippen LogP contribution in [-0.2, 0) is 4.79 Å². The molecule has 1 aliphatic rings. The van der Waals surface area contributed by atoms with Gasteiger partial charge in [0.2, 0.25) is 5.91 Å². The van der Waals surface area contributed by atoms with Gasteiger partial charge in [-0.15, -0.1) is 0 Å². The molecule has 1 aromatic rings. The summed E-state index contributed by atoms with van der Waals surface area (Å²) in [6.07, 6.45) is 8.48. The number of nitrogens with zero attached hydrogens (tertiary/aromatic N) is 1. The van der Waals surface area contributed by atoms with Crippen LogP contribution in [0.2, 0.25) is 0 Å². The Hall–Kier alpha value is -2.12. The Morgan fingerprint density at radius 3 is 2.95 bits per heavy atom. The van der Waals surface area contributed by atoms with Gasteiger partial charge in [0.1, 0.15) is 0 Å². The second-order valence-corrected chi connectivity index (χ2v) is 5.77. The summed E-state index contributed by atoms with van der Waals surface area (Å²) in [5.41, 5.74) is 1.40. The molecule has 1 amide bonds. The number of rotatable bonds is 4. The summed E-state index contributed by atoms with van der Waals surface area (Å²) in [4.78, 5) is 12.1. The van der Waals surface area contributed by atoms with Gasteiger partial charge in [-0.1, -0.05) is 31.4 Å². The lowest BCUT2D eigenvalue weighted by Gasteiger charge is -2.23. The molecule has 1 aromatic carbocycles. The van der Waals surface area contributed by atoms with Crippen molar-refractivity contribution in [3.05, 3.63) is 41.5 Å². The van der Waals surface area contributed by atoms with Crippen molar-refractivity contribution in [3.8, 4) is 6.07 Å². The quantitative estimate of drug-likeness (QED) is 0.663. The largest absolute Gasteiger partial charge is 0.396 e. The Morgan fingerprint density at radius 1 is 1.36 bits per heavy atom. The second-order valence-electron chi connectivity index (χ2n) is 5.77. The SMILES string of the molecule is N#Cc1cccc(/C=C/C(=O)NC2CCCCCC2CO)c1. The average Bonchev–Trinajstić information content (AvgIpc) is 2.78. The summed E-state index contributed by atoms with van der Waals surface area (Å²) >= 11 is 0. The standard InChI is InChI=1S/C18H22N2O2/c19-12-15-6-4-5-14(11-15)9-10-18(22)20-17-8-3-1-2-7-16(17)13-21/h4-6,9-11,16-17,21H,1-3,7-8,13H2,(H,20,22)/b10-9+. The topological polar surface area (TPSA) is 73.1 Å². The van der Waals surface area contributed by atoms with E-state index >= 15 is 0 Å². The van der Waals surface area contributed by atoms with Crippen LogP contribution >= 0.6 is 0 Å². The number of hydrogen-bond donors (Lipinski definition) is 2. The summed E-state index contributed by atoms with van der Waals surface area (Å²) < 4.78 is 0. The highest BCUT2D eigenvalue weighted by Gasteiger charge is 2.23. The third kappa shape index (κ3) is 4.71. The average molecular weight is 298 g/mol. The molecular formula is C18H22N2O2. The van der Waals surface area contributed by atoms with Gasteiger partial charge in [-0.25, -0.2) is 0 Å². The maximum atomic E-state index is 12.1. The monoisotopic (exact) mass is 298 g/mol.